The number of hydrogen-bond donors (Lipinski definition) is 1. The second-order valence-corrected chi connectivity index (χ2v) is 7.32. The summed E-state index contributed by atoms with van der Waals surface area (Å²) in [7, 11) is 1.69. The van der Waals surface area contributed by atoms with Crippen molar-refractivity contribution in [3.8, 4) is 11.6 Å². The molecule has 3 rings (SSSR count). The third kappa shape index (κ3) is 5.75. The van der Waals surface area contributed by atoms with Gasteiger partial charge in [0.05, 0.1) is 0 Å². The number of ether oxygens (including phenoxy) is 1. The molecule has 0 unspecified atom stereocenters. The van der Waals surface area contributed by atoms with Crippen LogP contribution in [0.1, 0.15) is 0 Å². The molecular weight excluding hydrogens is 407 g/mol. The molecule has 0 fully saturated rings. The lowest BCUT2D eigenvalue weighted by Crippen LogP contribution is -2.25. The number of rotatable bonds is 5. The summed E-state index contributed by atoms with van der Waals surface area (Å²) in [4.78, 5) is 13.2. The van der Waals surface area contributed by atoms with Gasteiger partial charge in [0, 0.05) is 28.7 Å². The fourth-order valence-electron chi connectivity index (χ4n) is 1.98. The second kappa shape index (κ2) is 8.94. The molecule has 0 saturated carbocycles. The van der Waals surface area contributed by atoms with Gasteiger partial charge < -0.3 is 10.1 Å². The number of anilines is 1. The number of nitrogens with one attached hydrogen (secondary N) is 1. The Balaban J connectivity index is 1.56. The number of urea groups is 1. The molecule has 138 valence electrons. The molecule has 3 aromatic rings. The van der Waals surface area contributed by atoms with Crippen molar-refractivity contribution >= 4 is 46.9 Å². The van der Waals surface area contributed by atoms with Crippen LogP contribution in [0.2, 0.25) is 10.2 Å². The van der Waals surface area contributed by atoms with Crippen molar-refractivity contribution < 1.29 is 9.53 Å². The van der Waals surface area contributed by atoms with Gasteiger partial charge in [-0.2, -0.15) is 0 Å². The van der Waals surface area contributed by atoms with Crippen LogP contribution in [0, 0.1) is 0 Å². The van der Waals surface area contributed by atoms with E-state index >= 15 is 0 Å². The first-order valence-corrected chi connectivity index (χ1v) is 9.28. The van der Waals surface area contributed by atoms with Crippen LogP contribution in [0.25, 0.3) is 0 Å². The Hall–Kier alpha value is -2.48. The number of halogens is 2. The highest BCUT2D eigenvalue weighted by Crippen LogP contribution is 2.25. The maximum atomic E-state index is 12.3. The first kappa shape index (κ1) is 19.3. The summed E-state index contributed by atoms with van der Waals surface area (Å²) in [6.07, 6.45) is 0. The summed E-state index contributed by atoms with van der Waals surface area (Å²) in [6, 6.07) is 17.1. The lowest BCUT2D eigenvalue weighted by atomic mass is 10.3. The normalized spacial score (nSPS) is 10.3. The molecule has 0 aliphatic heterocycles. The van der Waals surface area contributed by atoms with Gasteiger partial charge in [0.1, 0.15) is 5.75 Å². The van der Waals surface area contributed by atoms with Crippen molar-refractivity contribution in [1.29, 1.82) is 0 Å². The second-order valence-electron chi connectivity index (χ2n) is 5.29. The van der Waals surface area contributed by atoms with Crippen molar-refractivity contribution in [3.05, 3.63) is 70.8 Å². The molecule has 1 aromatic heterocycles. The summed E-state index contributed by atoms with van der Waals surface area (Å²) >= 11 is 12.8. The molecule has 2 aromatic carbocycles. The van der Waals surface area contributed by atoms with Crippen molar-refractivity contribution in [1.82, 2.24) is 14.5 Å². The Morgan fingerprint density at radius 1 is 1.00 bits per heavy atom. The van der Waals surface area contributed by atoms with Gasteiger partial charge in [-0.25, -0.2) is 4.79 Å². The van der Waals surface area contributed by atoms with Crippen LogP contribution in [0.15, 0.2) is 65.6 Å². The zero-order valence-electron chi connectivity index (χ0n) is 14.1. The van der Waals surface area contributed by atoms with Crippen molar-refractivity contribution in [3.63, 3.8) is 0 Å². The Labute approximate surface area is 170 Å². The molecule has 0 spiro atoms. The molecule has 1 N–H and O–H groups in total. The molecule has 0 aliphatic carbocycles. The van der Waals surface area contributed by atoms with Crippen LogP contribution in [-0.2, 0) is 0 Å². The Bertz CT molecular complexity index is 906. The number of nitrogens with zero attached hydrogens (tertiary/aromatic N) is 3. The SMILES string of the molecule is CN(Sc1ccc(Cl)cc1)C(=O)Nc1ccc(Oc2ccc(Cl)nn2)cc1. The van der Waals surface area contributed by atoms with E-state index in [-0.39, 0.29) is 6.03 Å². The van der Waals surface area contributed by atoms with E-state index in [9.17, 15) is 4.79 Å². The van der Waals surface area contributed by atoms with Crippen LogP contribution in [0.4, 0.5) is 10.5 Å². The fraction of sp³-hybridized carbons (Fsp3) is 0.0556. The van der Waals surface area contributed by atoms with Crippen LogP contribution >= 0.6 is 35.1 Å². The monoisotopic (exact) mass is 420 g/mol. The molecular formula is C18H14Cl2N4O2S. The Morgan fingerprint density at radius 3 is 2.33 bits per heavy atom. The highest BCUT2D eigenvalue weighted by Gasteiger charge is 2.11. The third-order valence-corrected chi connectivity index (χ3v) is 4.65. The Morgan fingerprint density at radius 2 is 1.70 bits per heavy atom. The van der Waals surface area contributed by atoms with Gasteiger partial charge in [-0.1, -0.05) is 23.2 Å². The molecule has 0 radical (unpaired) electrons. The number of carbonyl (C=O) groups is 1. The van der Waals surface area contributed by atoms with E-state index in [4.69, 9.17) is 27.9 Å². The van der Waals surface area contributed by atoms with E-state index in [0.717, 1.165) is 4.90 Å². The van der Waals surface area contributed by atoms with E-state index < -0.39 is 0 Å². The molecule has 1 heterocycles. The fourth-order valence-corrected chi connectivity index (χ4v) is 2.91. The van der Waals surface area contributed by atoms with Crippen molar-refractivity contribution in [2.45, 2.75) is 4.90 Å². The molecule has 6 nitrogen and oxygen atoms in total. The van der Waals surface area contributed by atoms with Crippen molar-refractivity contribution in [2.24, 2.45) is 0 Å². The minimum Gasteiger partial charge on any atom is -0.438 e. The predicted molar refractivity (Wildman–Crippen MR) is 108 cm³/mol. The van der Waals surface area contributed by atoms with Gasteiger partial charge in [0.25, 0.3) is 0 Å². The highest BCUT2D eigenvalue weighted by molar-refractivity contribution is 7.97. The largest absolute Gasteiger partial charge is 0.438 e. The van der Waals surface area contributed by atoms with E-state index in [1.54, 1.807) is 55.6 Å². The maximum Gasteiger partial charge on any atom is 0.331 e. The quantitative estimate of drug-likeness (QED) is 0.532. The number of benzene rings is 2. The average Bonchev–Trinajstić information content (AvgIpc) is 2.67. The molecule has 27 heavy (non-hydrogen) atoms. The molecule has 2 amide bonds. The molecule has 0 bridgehead atoms. The molecule has 9 heteroatoms. The van der Waals surface area contributed by atoms with E-state index in [1.807, 2.05) is 12.1 Å². The topological polar surface area (TPSA) is 67.4 Å². The number of amides is 2. The van der Waals surface area contributed by atoms with Gasteiger partial charge in [-0.05, 0) is 66.5 Å². The number of hydrogen-bond acceptors (Lipinski definition) is 5. The number of aromatic nitrogens is 2. The van der Waals surface area contributed by atoms with Gasteiger partial charge in [0.2, 0.25) is 5.88 Å². The summed E-state index contributed by atoms with van der Waals surface area (Å²) in [5.41, 5.74) is 0.637. The van der Waals surface area contributed by atoms with Gasteiger partial charge in [0.15, 0.2) is 5.15 Å². The summed E-state index contributed by atoms with van der Waals surface area (Å²) in [5.74, 6) is 0.892. The van der Waals surface area contributed by atoms with Crippen LogP contribution in [-0.4, -0.2) is 27.6 Å². The van der Waals surface area contributed by atoms with Gasteiger partial charge in [-0.3, -0.25) is 4.31 Å². The minimum absolute atomic E-state index is 0.257. The van der Waals surface area contributed by atoms with Crippen LogP contribution < -0.4 is 10.1 Å². The molecule has 0 saturated heterocycles. The van der Waals surface area contributed by atoms with Crippen molar-refractivity contribution in [2.75, 3.05) is 12.4 Å². The predicted octanol–water partition coefficient (Wildman–Crippen LogP) is 5.75. The van der Waals surface area contributed by atoms with Crippen LogP contribution in [0.5, 0.6) is 11.6 Å². The molecule has 0 aliphatic rings. The molecule has 0 atom stereocenters. The average molecular weight is 421 g/mol. The first-order valence-electron chi connectivity index (χ1n) is 7.75. The minimum atomic E-state index is -0.257. The van der Waals surface area contributed by atoms with E-state index in [2.05, 4.69) is 15.5 Å². The number of carbonyl (C=O) groups excluding carboxylic acids is 1. The summed E-state index contributed by atoms with van der Waals surface area (Å²) < 4.78 is 7.06. The first-order chi connectivity index (χ1) is 13.0. The summed E-state index contributed by atoms with van der Waals surface area (Å²) in [6.45, 7) is 0. The third-order valence-electron chi connectivity index (χ3n) is 3.28. The van der Waals surface area contributed by atoms with E-state index in [1.165, 1.54) is 16.3 Å². The van der Waals surface area contributed by atoms with Gasteiger partial charge >= 0.3 is 6.03 Å². The maximum absolute atomic E-state index is 12.3. The zero-order chi connectivity index (χ0) is 19.2. The lowest BCUT2D eigenvalue weighted by molar-refractivity contribution is 0.243. The summed E-state index contributed by atoms with van der Waals surface area (Å²) in [5, 5.41) is 11.3. The zero-order valence-corrected chi connectivity index (χ0v) is 16.4. The lowest BCUT2D eigenvalue weighted by Gasteiger charge is -2.16. The Kier molecular flexibility index (Phi) is 6.39. The standard InChI is InChI=1S/C18H14Cl2N4O2S/c1-24(27-15-8-2-12(19)3-9-15)18(25)21-13-4-6-14(7-5-13)26-17-11-10-16(20)22-23-17/h2-11H,1H3,(H,21,25). The highest BCUT2D eigenvalue weighted by atomic mass is 35.5. The van der Waals surface area contributed by atoms with Crippen LogP contribution in [0.3, 0.4) is 0 Å². The smallest absolute Gasteiger partial charge is 0.331 e. The van der Waals surface area contributed by atoms with Gasteiger partial charge in [-0.15, -0.1) is 10.2 Å². The van der Waals surface area contributed by atoms with E-state index in [0.29, 0.717) is 27.5 Å².